The Morgan fingerprint density at radius 1 is 1.08 bits per heavy atom. The molecular formula is C18H22N4O2. The number of pyridine rings is 1. The smallest absolute Gasteiger partial charge is 0.255 e. The average molecular weight is 326 g/mol. The molecule has 4 N–H and O–H groups in total. The van der Waals surface area contributed by atoms with Gasteiger partial charge < -0.3 is 16.4 Å². The predicted molar refractivity (Wildman–Crippen MR) is 94.7 cm³/mol. The highest BCUT2D eigenvalue weighted by Crippen LogP contribution is 2.14. The van der Waals surface area contributed by atoms with E-state index in [-0.39, 0.29) is 11.8 Å². The summed E-state index contributed by atoms with van der Waals surface area (Å²) < 4.78 is 0. The molecule has 2 aromatic rings. The monoisotopic (exact) mass is 326 g/mol. The number of benzene rings is 1. The summed E-state index contributed by atoms with van der Waals surface area (Å²) >= 11 is 0. The second-order valence-corrected chi connectivity index (χ2v) is 6.00. The summed E-state index contributed by atoms with van der Waals surface area (Å²) in [5.41, 5.74) is 7.51. The van der Waals surface area contributed by atoms with Gasteiger partial charge in [0.15, 0.2) is 0 Å². The molecule has 2 rings (SSSR count). The van der Waals surface area contributed by atoms with Crippen LogP contribution in [0.4, 0.5) is 11.4 Å². The lowest BCUT2D eigenvalue weighted by atomic mass is 10.0. The number of hydrogen-bond acceptors (Lipinski definition) is 4. The van der Waals surface area contributed by atoms with E-state index in [9.17, 15) is 9.59 Å². The first-order valence-corrected chi connectivity index (χ1v) is 7.83. The first-order chi connectivity index (χ1) is 11.5. The standard InChI is InChI=1S/C18H22N4O2/c1-12(2)10-16(19)18(24)22-15-5-3-4-13(11-15)17(23)21-14-6-8-20-9-7-14/h3-9,11-12,16H,10,19H2,1-2H3,(H,22,24)(H,20,21,23)/t16-/m0/s1. The maximum atomic E-state index is 12.3. The number of hydrogen-bond donors (Lipinski definition) is 3. The number of nitrogens with two attached hydrogens (primary N) is 1. The Kier molecular flexibility index (Phi) is 6.03. The largest absolute Gasteiger partial charge is 0.325 e. The summed E-state index contributed by atoms with van der Waals surface area (Å²) in [5.74, 6) is -0.178. The molecule has 0 saturated heterocycles. The molecule has 0 aliphatic heterocycles. The lowest BCUT2D eigenvalue weighted by molar-refractivity contribution is -0.117. The van der Waals surface area contributed by atoms with Crippen LogP contribution in [0, 0.1) is 5.92 Å². The van der Waals surface area contributed by atoms with Crippen LogP contribution in [0.25, 0.3) is 0 Å². The molecule has 1 atom stereocenters. The number of aromatic nitrogens is 1. The van der Waals surface area contributed by atoms with Crippen LogP contribution in [0.15, 0.2) is 48.8 Å². The number of rotatable bonds is 6. The van der Waals surface area contributed by atoms with E-state index in [1.54, 1.807) is 48.8 Å². The van der Waals surface area contributed by atoms with Crippen molar-refractivity contribution in [2.45, 2.75) is 26.3 Å². The zero-order valence-corrected chi connectivity index (χ0v) is 13.8. The van der Waals surface area contributed by atoms with Gasteiger partial charge >= 0.3 is 0 Å². The normalized spacial score (nSPS) is 11.8. The molecule has 6 nitrogen and oxygen atoms in total. The van der Waals surface area contributed by atoms with Gasteiger partial charge in [-0.05, 0) is 42.7 Å². The van der Waals surface area contributed by atoms with Gasteiger partial charge in [0.2, 0.25) is 5.91 Å². The van der Waals surface area contributed by atoms with Gasteiger partial charge in [-0.25, -0.2) is 0 Å². The van der Waals surface area contributed by atoms with Crippen LogP contribution in [0.3, 0.4) is 0 Å². The fourth-order valence-corrected chi connectivity index (χ4v) is 2.23. The minimum Gasteiger partial charge on any atom is -0.325 e. The van der Waals surface area contributed by atoms with Crippen molar-refractivity contribution < 1.29 is 9.59 Å². The molecule has 0 bridgehead atoms. The Labute approximate surface area is 141 Å². The van der Waals surface area contributed by atoms with E-state index < -0.39 is 6.04 Å². The van der Waals surface area contributed by atoms with Gasteiger partial charge in [0.1, 0.15) is 0 Å². The fourth-order valence-electron chi connectivity index (χ4n) is 2.23. The Bertz CT molecular complexity index is 701. The predicted octanol–water partition coefficient (Wildman–Crippen LogP) is 2.65. The van der Waals surface area contributed by atoms with Crippen LogP contribution in [-0.2, 0) is 4.79 Å². The first kappa shape index (κ1) is 17.6. The molecule has 6 heteroatoms. The highest BCUT2D eigenvalue weighted by molar-refractivity contribution is 6.05. The summed E-state index contributed by atoms with van der Waals surface area (Å²) in [6.45, 7) is 4.02. The van der Waals surface area contributed by atoms with Crippen molar-refractivity contribution in [1.82, 2.24) is 4.98 Å². The van der Waals surface area contributed by atoms with Crippen molar-refractivity contribution in [3.8, 4) is 0 Å². The minimum atomic E-state index is -0.570. The van der Waals surface area contributed by atoms with Gasteiger partial charge in [-0.2, -0.15) is 0 Å². The summed E-state index contributed by atoms with van der Waals surface area (Å²) in [6, 6.07) is 9.58. The quantitative estimate of drug-likeness (QED) is 0.760. The molecule has 0 aliphatic carbocycles. The third-order valence-corrected chi connectivity index (χ3v) is 3.39. The summed E-state index contributed by atoms with van der Waals surface area (Å²) in [7, 11) is 0. The van der Waals surface area contributed by atoms with Crippen molar-refractivity contribution in [2.75, 3.05) is 10.6 Å². The second-order valence-electron chi connectivity index (χ2n) is 6.00. The summed E-state index contributed by atoms with van der Waals surface area (Å²) in [4.78, 5) is 28.2. The van der Waals surface area contributed by atoms with Crippen LogP contribution in [-0.4, -0.2) is 22.8 Å². The van der Waals surface area contributed by atoms with E-state index in [1.165, 1.54) is 0 Å². The molecule has 0 fully saturated rings. The van der Waals surface area contributed by atoms with E-state index in [2.05, 4.69) is 15.6 Å². The molecule has 0 saturated carbocycles. The number of carbonyl (C=O) groups is 2. The van der Waals surface area contributed by atoms with Crippen LogP contribution >= 0.6 is 0 Å². The Morgan fingerprint density at radius 2 is 1.79 bits per heavy atom. The molecule has 126 valence electrons. The Balaban J connectivity index is 2.03. The zero-order valence-electron chi connectivity index (χ0n) is 13.8. The summed E-state index contributed by atoms with van der Waals surface area (Å²) in [5, 5.41) is 5.52. The Hall–Kier alpha value is -2.73. The first-order valence-electron chi connectivity index (χ1n) is 7.83. The zero-order chi connectivity index (χ0) is 17.5. The number of anilines is 2. The molecule has 0 aliphatic rings. The van der Waals surface area contributed by atoms with Crippen LogP contribution < -0.4 is 16.4 Å². The van der Waals surface area contributed by atoms with Crippen molar-refractivity contribution in [2.24, 2.45) is 11.7 Å². The maximum absolute atomic E-state index is 12.3. The minimum absolute atomic E-state index is 0.254. The van der Waals surface area contributed by atoms with Crippen molar-refractivity contribution in [3.05, 3.63) is 54.4 Å². The van der Waals surface area contributed by atoms with Crippen molar-refractivity contribution in [1.29, 1.82) is 0 Å². The van der Waals surface area contributed by atoms with Crippen LogP contribution in [0.2, 0.25) is 0 Å². The van der Waals surface area contributed by atoms with E-state index in [0.29, 0.717) is 29.3 Å². The summed E-state index contributed by atoms with van der Waals surface area (Å²) in [6.07, 6.45) is 3.80. The molecule has 0 spiro atoms. The van der Waals surface area contributed by atoms with E-state index in [0.717, 1.165) is 0 Å². The van der Waals surface area contributed by atoms with Gasteiger partial charge in [0.25, 0.3) is 5.91 Å². The molecule has 0 unspecified atom stereocenters. The number of carbonyl (C=O) groups excluding carboxylic acids is 2. The van der Waals surface area contributed by atoms with Gasteiger partial charge in [0.05, 0.1) is 6.04 Å². The Morgan fingerprint density at radius 3 is 2.46 bits per heavy atom. The lowest BCUT2D eigenvalue weighted by Gasteiger charge is -2.14. The molecule has 1 heterocycles. The number of nitrogens with zero attached hydrogens (tertiary/aromatic N) is 1. The molecule has 24 heavy (non-hydrogen) atoms. The van der Waals surface area contributed by atoms with E-state index >= 15 is 0 Å². The molecule has 1 aromatic carbocycles. The topological polar surface area (TPSA) is 97.1 Å². The fraction of sp³-hybridized carbons (Fsp3) is 0.278. The van der Waals surface area contributed by atoms with Crippen LogP contribution in [0.5, 0.6) is 0 Å². The SMILES string of the molecule is CC(C)C[C@H](N)C(=O)Nc1cccc(C(=O)Nc2ccncc2)c1. The van der Waals surface area contributed by atoms with E-state index in [1.807, 2.05) is 13.8 Å². The van der Waals surface area contributed by atoms with Crippen molar-refractivity contribution in [3.63, 3.8) is 0 Å². The van der Waals surface area contributed by atoms with Crippen molar-refractivity contribution >= 4 is 23.2 Å². The van der Waals surface area contributed by atoms with Gasteiger partial charge in [-0.15, -0.1) is 0 Å². The van der Waals surface area contributed by atoms with Crippen LogP contribution in [0.1, 0.15) is 30.6 Å². The molecular weight excluding hydrogens is 304 g/mol. The van der Waals surface area contributed by atoms with Gasteiger partial charge in [-0.1, -0.05) is 19.9 Å². The van der Waals surface area contributed by atoms with Gasteiger partial charge in [0, 0.05) is 29.3 Å². The number of nitrogens with one attached hydrogen (secondary N) is 2. The lowest BCUT2D eigenvalue weighted by Crippen LogP contribution is -2.36. The molecule has 1 aromatic heterocycles. The highest BCUT2D eigenvalue weighted by Gasteiger charge is 2.15. The highest BCUT2D eigenvalue weighted by atomic mass is 16.2. The third-order valence-electron chi connectivity index (χ3n) is 3.39. The third kappa shape index (κ3) is 5.17. The maximum Gasteiger partial charge on any atom is 0.255 e. The second kappa shape index (κ2) is 8.21. The molecule has 2 amide bonds. The van der Waals surface area contributed by atoms with E-state index in [4.69, 9.17) is 5.73 Å². The molecule has 0 radical (unpaired) electrons. The average Bonchev–Trinajstić information content (AvgIpc) is 2.55. The number of amides is 2. The van der Waals surface area contributed by atoms with Gasteiger partial charge in [-0.3, -0.25) is 14.6 Å².